The van der Waals surface area contributed by atoms with Gasteiger partial charge in [-0.2, -0.15) is 0 Å². The van der Waals surface area contributed by atoms with Crippen molar-refractivity contribution in [3.05, 3.63) is 102 Å². The van der Waals surface area contributed by atoms with Gasteiger partial charge in [0.15, 0.2) is 0 Å². The van der Waals surface area contributed by atoms with Crippen molar-refractivity contribution in [1.29, 1.82) is 0 Å². The summed E-state index contributed by atoms with van der Waals surface area (Å²) in [6, 6.07) is 29.9. The van der Waals surface area contributed by atoms with E-state index < -0.39 is 0 Å². The molecule has 1 aromatic heterocycles. The number of nitrogens with one attached hydrogen (secondary N) is 1. The molecule has 1 N–H and O–H groups in total. The van der Waals surface area contributed by atoms with Crippen molar-refractivity contribution < 1.29 is 0 Å². The molecular formula is C38H38N2. The van der Waals surface area contributed by atoms with E-state index in [1.54, 1.807) is 5.56 Å². The van der Waals surface area contributed by atoms with Crippen LogP contribution in [0.1, 0.15) is 80.4 Å². The predicted octanol–water partition coefficient (Wildman–Crippen LogP) is 9.87. The van der Waals surface area contributed by atoms with Gasteiger partial charge in [0.25, 0.3) is 0 Å². The summed E-state index contributed by atoms with van der Waals surface area (Å²) in [5, 5.41) is 3.80. The maximum absolute atomic E-state index is 4.75. The number of hydrogen-bond acceptors (Lipinski definition) is 2. The van der Waals surface area contributed by atoms with Gasteiger partial charge >= 0.3 is 0 Å². The van der Waals surface area contributed by atoms with E-state index in [1.165, 1.54) is 97.0 Å². The second-order valence-corrected chi connectivity index (χ2v) is 13.6. The molecular weight excluding hydrogens is 484 g/mol. The molecule has 0 amide bonds. The number of hydrogen-bond donors (Lipinski definition) is 1. The number of anilines is 2. The van der Waals surface area contributed by atoms with Gasteiger partial charge < -0.3 is 5.32 Å². The first-order chi connectivity index (χ1) is 19.8. The van der Waals surface area contributed by atoms with Crippen molar-refractivity contribution in [2.75, 3.05) is 5.32 Å². The lowest BCUT2D eigenvalue weighted by molar-refractivity contribution is 0.249. The van der Waals surface area contributed by atoms with Crippen molar-refractivity contribution in [3.8, 4) is 22.4 Å². The minimum absolute atomic E-state index is 0.121. The van der Waals surface area contributed by atoms with E-state index >= 15 is 0 Å². The van der Waals surface area contributed by atoms with E-state index in [4.69, 9.17) is 4.98 Å². The van der Waals surface area contributed by atoms with Crippen molar-refractivity contribution >= 4 is 11.4 Å². The van der Waals surface area contributed by atoms with Crippen LogP contribution in [0.25, 0.3) is 22.4 Å². The Morgan fingerprint density at radius 2 is 1.52 bits per heavy atom. The first kappa shape index (κ1) is 23.3. The third-order valence-electron chi connectivity index (χ3n) is 11.7. The molecule has 6 aliphatic rings. The fourth-order valence-corrected chi connectivity index (χ4v) is 10.3. The van der Waals surface area contributed by atoms with Crippen LogP contribution >= 0.6 is 0 Å². The number of benzene rings is 3. The van der Waals surface area contributed by atoms with E-state index in [-0.39, 0.29) is 5.41 Å². The Balaban J connectivity index is 1.06. The Labute approximate surface area is 238 Å². The zero-order valence-corrected chi connectivity index (χ0v) is 23.3. The van der Waals surface area contributed by atoms with Gasteiger partial charge in [0, 0.05) is 28.6 Å². The molecule has 1 spiro atoms. The molecule has 1 heterocycles. The van der Waals surface area contributed by atoms with Crippen LogP contribution in [0, 0.1) is 23.7 Å². The topological polar surface area (TPSA) is 24.9 Å². The van der Waals surface area contributed by atoms with Gasteiger partial charge in [0.05, 0.1) is 5.69 Å². The summed E-state index contributed by atoms with van der Waals surface area (Å²) < 4.78 is 0. The number of nitrogens with zero attached hydrogens (tertiary/aromatic N) is 1. The Kier molecular flexibility index (Phi) is 5.13. The third kappa shape index (κ3) is 3.38. The Morgan fingerprint density at radius 1 is 0.675 bits per heavy atom. The SMILES string of the molecule is c1ccc(-c2cccc3c2-c2ccc(Nc4ccc(C5C6CC7CC(C6)C5C7)cc4)cc2C32CCCCC2)nc1. The van der Waals surface area contributed by atoms with Gasteiger partial charge in [-0.3, -0.25) is 4.98 Å². The summed E-state index contributed by atoms with van der Waals surface area (Å²) in [5.74, 6) is 4.79. The van der Waals surface area contributed by atoms with Crippen molar-refractivity contribution in [1.82, 2.24) is 4.98 Å². The van der Waals surface area contributed by atoms with Crippen molar-refractivity contribution in [2.45, 2.75) is 69.1 Å². The zero-order valence-electron chi connectivity index (χ0n) is 23.3. The van der Waals surface area contributed by atoms with Crippen LogP contribution < -0.4 is 5.32 Å². The highest BCUT2D eigenvalue weighted by Crippen LogP contribution is 2.64. The van der Waals surface area contributed by atoms with Crippen LogP contribution in [0.3, 0.4) is 0 Å². The molecule has 0 aliphatic heterocycles. The zero-order chi connectivity index (χ0) is 26.3. The number of pyridine rings is 1. The molecule has 5 fully saturated rings. The van der Waals surface area contributed by atoms with E-state index in [0.29, 0.717) is 0 Å². The highest BCUT2D eigenvalue weighted by Gasteiger charge is 2.54. The molecule has 4 bridgehead atoms. The first-order valence-electron chi connectivity index (χ1n) is 15.8. The number of aromatic nitrogens is 1. The molecule has 6 aliphatic carbocycles. The van der Waals surface area contributed by atoms with Crippen molar-refractivity contribution in [3.63, 3.8) is 0 Å². The van der Waals surface area contributed by atoms with Crippen molar-refractivity contribution in [2.24, 2.45) is 23.7 Å². The van der Waals surface area contributed by atoms with Crippen LogP contribution in [0.15, 0.2) is 85.1 Å². The van der Waals surface area contributed by atoms with Crippen LogP contribution in [0.2, 0.25) is 0 Å². The highest BCUT2D eigenvalue weighted by molar-refractivity contribution is 5.92. The molecule has 0 saturated heterocycles. The molecule has 5 unspecified atom stereocenters. The van der Waals surface area contributed by atoms with E-state index in [0.717, 1.165) is 35.3 Å². The Bertz CT molecular complexity index is 1580. The molecule has 3 aromatic carbocycles. The highest BCUT2D eigenvalue weighted by atomic mass is 14.9. The van der Waals surface area contributed by atoms with E-state index in [2.05, 4.69) is 78.1 Å². The fourth-order valence-electron chi connectivity index (χ4n) is 10.3. The standard InChI is InChI=1S/C38H38N2/c1-3-16-38(17-4-1)33-8-6-7-31(35-9-2-5-18-39-35)37(33)30-15-14-29(23-34(30)38)40-28-12-10-25(11-13-28)36-27-20-24-19-26(22-27)32(36)21-24/h2,5-15,18,23-24,26-27,32,36,40H,1,3-4,16-17,19-22H2. The lowest BCUT2D eigenvalue weighted by Crippen LogP contribution is -2.28. The summed E-state index contributed by atoms with van der Waals surface area (Å²) in [5.41, 5.74) is 12.3. The summed E-state index contributed by atoms with van der Waals surface area (Å²) >= 11 is 0. The minimum Gasteiger partial charge on any atom is -0.356 e. The Hall–Kier alpha value is -3.39. The smallest absolute Gasteiger partial charge is 0.0708 e. The molecule has 10 rings (SSSR count). The lowest BCUT2D eigenvalue weighted by atomic mass is 9.67. The van der Waals surface area contributed by atoms with Gasteiger partial charge in [0.2, 0.25) is 0 Å². The minimum atomic E-state index is 0.121. The summed E-state index contributed by atoms with van der Waals surface area (Å²) in [7, 11) is 0. The number of fused-ring (bicyclic) bond motifs is 5. The van der Waals surface area contributed by atoms with Gasteiger partial charge in [-0.05, 0) is 132 Å². The van der Waals surface area contributed by atoms with E-state index in [9.17, 15) is 0 Å². The quantitative estimate of drug-likeness (QED) is 0.288. The average molecular weight is 523 g/mol. The molecule has 0 radical (unpaired) electrons. The maximum atomic E-state index is 4.75. The molecule has 2 heteroatoms. The van der Waals surface area contributed by atoms with Gasteiger partial charge in [-0.25, -0.2) is 0 Å². The van der Waals surface area contributed by atoms with E-state index in [1.807, 2.05) is 12.3 Å². The predicted molar refractivity (Wildman–Crippen MR) is 164 cm³/mol. The molecule has 2 nitrogen and oxygen atoms in total. The van der Waals surface area contributed by atoms with Crippen LogP contribution in [0.5, 0.6) is 0 Å². The largest absolute Gasteiger partial charge is 0.356 e. The lowest BCUT2D eigenvalue weighted by Gasteiger charge is -2.36. The molecule has 4 aromatic rings. The molecule has 40 heavy (non-hydrogen) atoms. The van der Waals surface area contributed by atoms with Crippen LogP contribution in [-0.2, 0) is 5.41 Å². The molecule has 200 valence electrons. The fraction of sp³-hybridized carbons (Fsp3) is 0.395. The average Bonchev–Trinajstić information content (AvgIpc) is 3.54. The van der Waals surface area contributed by atoms with Gasteiger partial charge in [-0.15, -0.1) is 0 Å². The van der Waals surface area contributed by atoms with Crippen LogP contribution in [-0.4, -0.2) is 4.98 Å². The summed E-state index contributed by atoms with van der Waals surface area (Å²) in [6.07, 6.45) is 14.3. The summed E-state index contributed by atoms with van der Waals surface area (Å²) in [4.78, 5) is 4.75. The second kappa shape index (κ2) is 8.80. The third-order valence-corrected chi connectivity index (χ3v) is 11.7. The first-order valence-corrected chi connectivity index (χ1v) is 15.8. The second-order valence-electron chi connectivity index (χ2n) is 13.6. The number of rotatable bonds is 4. The molecule has 5 atom stereocenters. The normalized spacial score (nSPS) is 28.6. The maximum Gasteiger partial charge on any atom is 0.0708 e. The monoisotopic (exact) mass is 522 g/mol. The van der Waals surface area contributed by atoms with Gasteiger partial charge in [-0.1, -0.05) is 61.7 Å². The van der Waals surface area contributed by atoms with Crippen LogP contribution in [0.4, 0.5) is 11.4 Å². The van der Waals surface area contributed by atoms with Gasteiger partial charge in [0.1, 0.15) is 0 Å². The Morgan fingerprint density at radius 3 is 2.35 bits per heavy atom. The summed E-state index contributed by atoms with van der Waals surface area (Å²) in [6.45, 7) is 0. The molecule has 5 saturated carbocycles.